The van der Waals surface area contributed by atoms with Crippen LogP contribution in [-0.4, -0.2) is 43.9 Å². The number of thiophene rings is 1. The van der Waals surface area contributed by atoms with Crippen molar-refractivity contribution < 1.29 is 17.9 Å². The molecule has 2 aromatic carbocycles. The van der Waals surface area contributed by atoms with Gasteiger partial charge in [0.05, 0.1) is 11.8 Å². The Bertz CT molecular complexity index is 1490. The van der Waals surface area contributed by atoms with Crippen molar-refractivity contribution in [3.8, 4) is 5.75 Å². The first kappa shape index (κ1) is 22.1. The standard InChI is InChI=1S/C23H20ClN3O4S2/c1-31-20-16-5-3-2-4-14(16)6-7-19(20)33(29,30)26-18-9-11-27(23(18)28)12-15-13-32-21-17(15)8-10-25-22(21)24/h2-8,10,13,18,26H,9,11-12H2,1H3. The number of nitrogens with zero attached hydrogens (tertiary/aromatic N) is 2. The van der Waals surface area contributed by atoms with Gasteiger partial charge in [0.25, 0.3) is 0 Å². The number of fused-ring (bicyclic) bond motifs is 2. The molecular weight excluding hydrogens is 482 g/mol. The van der Waals surface area contributed by atoms with Gasteiger partial charge in [-0.2, -0.15) is 4.72 Å². The van der Waals surface area contributed by atoms with Crippen molar-refractivity contribution in [2.24, 2.45) is 0 Å². The summed E-state index contributed by atoms with van der Waals surface area (Å²) >= 11 is 7.64. The fourth-order valence-electron chi connectivity index (χ4n) is 4.21. The predicted octanol–water partition coefficient (Wildman–Crippen LogP) is 4.19. The number of pyridine rings is 1. The van der Waals surface area contributed by atoms with Crippen molar-refractivity contribution in [2.45, 2.75) is 23.9 Å². The van der Waals surface area contributed by atoms with Crippen LogP contribution in [0.25, 0.3) is 20.9 Å². The highest BCUT2D eigenvalue weighted by atomic mass is 35.5. The molecule has 0 aliphatic carbocycles. The van der Waals surface area contributed by atoms with E-state index in [0.717, 1.165) is 21.0 Å². The molecule has 1 aliphatic rings. The van der Waals surface area contributed by atoms with Gasteiger partial charge in [0.1, 0.15) is 21.8 Å². The van der Waals surface area contributed by atoms with Crippen LogP contribution in [0.2, 0.25) is 5.15 Å². The highest BCUT2D eigenvalue weighted by Gasteiger charge is 2.36. The zero-order valence-corrected chi connectivity index (χ0v) is 20.0. The van der Waals surface area contributed by atoms with Gasteiger partial charge in [-0.15, -0.1) is 11.3 Å². The van der Waals surface area contributed by atoms with Gasteiger partial charge in [0, 0.05) is 30.1 Å². The normalized spacial score (nSPS) is 16.7. The Morgan fingerprint density at radius 1 is 1.21 bits per heavy atom. The second-order valence-corrected chi connectivity index (χ2v) is 10.7. The third-order valence-electron chi connectivity index (χ3n) is 5.82. The average molecular weight is 502 g/mol. The molecule has 1 N–H and O–H groups in total. The van der Waals surface area contributed by atoms with Crippen LogP contribution < -0.4 is 9.46 Å². The minimum atomic E-state index is -3.98. The van der Waals surface area contributed by atoms with E-state index in [1.807, 2.05) is 35.7 Å². The molecule has 170 valence electrons. The second kappa shape index (κ2) is 8.57. The van der Waals surface area contributed by atoms with Crippen molar-refractivity contribution in [2.75, 3.05) is 13.7 Å². The zero-order valence-electron chi connectivity index (χ0n) is 17.6. The van der Waals surface area contributed by atoms with Crippen LogP contribution >= 0.6 is 22.9 Å². The number of methoxy groups -OCH3 is 1. The molecule has 1 atom stereocenters. The summed E-state index contributed by atoms with van der Waals surface area (Å²) in [6, 6.07) is 11.7. The maximum atomic E-state index is 13.2. The molecule has 0 saturated carbocycles. The molecular formula is C23H20ClN3O4S2. The number of nitrogens with one attached hydrogen (secondary N) is 1. The lowest BCUT2D eigenvalue weighted by molar-refractivity contribution is -0.129. The lowest BCUT2D eigenvalue weighted by atomic mass is 10.1. The molecule has 1 unspecified atom stereocenters. The Labute approximate surface area is 200 Å². The Morgan fingerprint density at radius 3 is 2.85 bits per heavy atom. The molecule has 0 spiro atoms. The van der Waals surface area contributed by atoms with E-state index >= 15 is 0 Å². The number of carbonyl (C=O) groups excluding carboxylic acids is 1. The highest BCUT2D eigenvalue weighted by Crippen LogP contribution is 2.34. The Morgan fingerprint density at radius 2 is 2.03 bits per heavy atom. The summed E-state index contributed by atoms with van der Waals surface area (Å²) in [6.07, 6.45) is 2.03. The van der Waals surface area contributed by atoms with Crippen LogP contribution in [0.15, 0.2) is 58.9 Å². The number of rotatable bonds is 6. The number of likely N-dealkylation sites (tertiary alicyclic amines) is 1. The number of sulfonamides is 1. The third-order valence-corrected chi connectivity index (χ3v) is 8.76. The van der Waals surface area contributed by atoms with E-state index in [-0.39, 0.29) is 16.6 Å². The summed E-state index contributed by atoms with van der Waals surface area (Å²) in [6.45, 7) is 0.841. The third kappa shape index (κ3) is 3.95. The first-order valence-electron chi connectivity index (χ1n) is 10.3. The van der Waals surface area contributed by atoms with Crippen LogP contribution in [0, 0.1) is 0 Å². The lowest BCUT2D eigenvalue weighted by Gasteiger charge is -2.18. The van der Waals surface area contributed by atoms with E-state index in [9.17, 15) is 13.2 Å². The van der Waals surface area contributed by atoms with Crippen molar-refractivity contribution in [3.05, 3.63) is 64.8 Å². The van der Waals surface area contributed by atoms with Gasteiger partial charge < -0.3 is 9.64 Å². The van der Waals surface area contributed by atoms with E-state index in [4.69, 9.17) is 16.3 Å². The zero-order chi connectivity index (χ0) is 23.2. The van der Waals surface area contributed by atoms with Gasteiger partial charge in [-0.3, -0.25) is 4.79 Å². The molecule has 0 radical (unpaired) electrons. The summed E-state index contributed by atoms with van der Waals surface area (Å²) in [7, 11) is -2.54. The molecule has 0 bridgehead atoms. The first-order valence-corrected chi connectivity index (χ1v) is 13.0. The summed E-state index contributed by atoms with van der Waals surface area (Å²) < 4.78 is 35.3. The van der Waals surface area contributed by atoms with E-state index in [1.54, 1.807) is 17.2 Å². The van der Waals surface area contributed by atoms with Crippen LogP contribution in [-0.2, 0) is 21.4 Å². The molecule has 10 heteroatoms. The van der Waals surface area contributed by atoms with Crippen molar-refractivity contribution >= 4 is 59.7 Å². The summed E-state index contributed by atoms with van der Waals surface area (Å²) in [5.41, 5.74) is 0.965. The molecule has 7 nitrogen and oxygen atoms in total. The Balaban J connectivity index is 1.37. The Hall–Kier alpha value is -2.72. The number of amides is 1. The SMILES string of the molecule is COc1c(S(=O)(=O)NC2CCN(Cc3csc4c(Cl)nccc34)C2=O)ccc2ccccc12. The summed E-state index contributed by atoms with van der Waals surface area (Å²) in [4.78, 5) is 18.8. The van der Waals surface area contributed by atoms with Crippen molar-refractivity contribution in [1.82, 2.24) is 14.6 Å². The minimum Gasteiger partial charge on any atom is -0.495 e. The quantitative estimate of drug-likeness (QED) is 0.400. The largest absolute Gasteiger partial charge is 0.495 e. The molecule has 1 fully saturated rings. The molecule has 1 amide bonds. The van der Waals surface area contributed by atoms with E-state index in [0.29, 0.717) is 30.0 Å². The molecule has 3 heterocycles. The Kier molecular flexibility index (Phi) is 5.74. The van der Waals surface area contributed by atoms with Crippen LogP contribution in [0.1, 0.15) is 12.0 Å². The fourth-order valence-corrected chi connectivity index (χ4v) is 6.84. The maximum Gasteiger partial charge on any atom is 0.245 e. The number of benzene rings is 2. The monoisotopic (exact) mass is 501 g/mol. The number of aromatic nitrogens is 1. The highest BCUT2D eigenvalue weighted by molar-refractivity contribution is 7.89. The van der Waals surface area contributed by atoms with Crippen LogP contribution in [0.4, 0.5) is 0 Å². The second-order valence-electron chi connectivity index (χ2n) is 7.78. The van der Waals surface area contributed by atoms with Crippen LogP contribution in [0.3, 0.4) is 0 Å². The van der Waals surface area contributed by atoms with Gasteiger partial charge in [0.2, 0.25) is 15.9 Å². The number of carbonyl (C=O) groups is 1. The summed E-state index contributed by atoms with van der Waals surface area (Å²) in [5, 5.41) is 4.92. The number of ether oxygens (including phenoxy) is 1. The average Bonchev–Trinajstić information content (AvgIpc) is 3.37. The fraction of sp³-hybridized carbons (Fsp3) is 0.217. The smallest absolute Gasteiger partial charge is 0.245 e. The maximum absolute atomic E-state index is 13.2. The molecule has 5 rings (SSSR count). The number of hydrogen-bond donors (Lipinski definition) is 1. The van der Waals surface area contributed by atoms with Gasteiger partial charge in [-0.25, -0.2) is 13.4 Å². The minimum absolute atomic E-state index is 0.0147. The van der Waals surface area contributed by atoms with Crippen LogP contribution in [0.5, 0.6) is 5.75 Å². The first-order chi connectivity index (χ1) is 15.9. The lowest BCUT2D eigenvalue weighted by Crippen LogP contribution is -2.41. The van der Waals surface area contributed by atoms with E-state index in [2.05, 4.69) is 9.71 Å². The van der Waals surface area contributed by atoms with Crippen molar-refractivity contribution in [3.63, 3.8) is 0 Å². The predicted molar refractivity (Wildman–Crippen MR) is 129 cm³/mol. The topological polar surface area (TPSA) is 88.6 Å². The molecule has 33 heavy (non-hydrogen) atoms. The molecule has 4 aromatic rings. The molecule has 2 aromatic heterocycles. The summed E-state index contributed by atoms with van der Waals surface area (Å²) in [5.74, 6) is 0.0102. The molecule has 1 aliphatic heterocycles. The molecule has 1 saturated heterocycles. The number of hydrogen-bond acceptors (Lipinski definition) is 6. The van der Waals surface area contributed by atoms with Gasteiger partial charge in [0.15, 0.2) is 0 Å². The van der Waals surface area contributed by atoms with E-state index < -0.39 is 16.1 Å². The van der Waals surface area contributed by atoms with Gasteiger partial charge in [-0.1, -0.05) is 41.9 Å². The number of halogens is 1. The van der Waals surface area contributed by atoms with Crippen molar-refractivity contribution in [1.29, 1.82) is 0 Å². The van der Waals surface area contributed by atoms with Gasteiger partial charge >= 0.3 is 0 Å². The van der Waals surface area contributed by atoms with Gasteiger partial charge in [-0.05, 0) is 34.9 Å². The van der Waals surface area contributed by atoms with E-state index in [1.165, 1.54) is 24.5 Å².